The van der Waals surface area contributed by atoms with Crippen molar-refractivity contribution in [3.05, 3.63) is 34.9 Å². The van der Waals surface area contributed by atoms with Crippen molar-refractivity contribution in [3.63, 3.8) is 0 Å². The summed E-state index contributed by atoms with van der Waals surface area (Å²) >= 11 is 0. The quantitative estimate of drug-likeness (QED) is 0.520. The Morgan fingerprint density at radius 3 is 2.68 bits per heavy atom. The van der Waals surface area contributed by atoms with E-state index in [9.17, 15) is 13.2 Å². The second kappa shape index (κ2) is 5.44. The lowest BCUT2D eigenvalue weighted by molar-refractivity contribution is -0.137. The highest BCUT2D eigenvalue weighted by molar-refractivity contribution is 5.97. The molecule has 22 heavy (non-hydrogen) atoms. The summed E-state index contributed by atoms with van der Waals surface area (Å²) in [4.78, 5) is 3.51. The van der Waals surface area contributed by atoms with Crippen molar-refractivity contribution in [2.24, 2.45) is 5.16 Å². The summed E-state index contributed by atoms with van der Waals surface area (Å²) in [5.41, 5.74) is -0.741. The monoisotopic (exact) mass is 310 g/mol. The zero-order chi connectivity index (χ0) is 16.5. The first kappa shape index (κ1) is 15.4. The zero-order valence-corrected chi connectivity index (χ0v) is 11.4. The minimum Gasteiger partial charge on any atom is -0.411 e. The van der Waals surface area contributed by atoms with Gasteiger partial charge in [-0.15, -0.1) is 5.10 Å². The second-order valence-corrected chi connectivity index (χ2v) is 4.32. The van der Waals surface area contributed by atoms with Gasteiger partial charge in [-0.05, 0) is 19.9 Å². The van der Waals surface area contributed by atoms with Crippen LogP contribution in [0.5, 0.6) is 0 Å². The topological polar surface area (TPSA) is 100.0 Å². The summed E-state index contributed by atoms with van der Waals surface area (Å²) in [5, 5.41) is 28.2. The van der Waals surface area contributed by atoms with E-state index >= 15 is 0 Å². The van der Waals surface area contributed by atoms with Crippen molar-refractivity contribution in [1.29, 1.82) is 5.26 Å². The molecule has 10 heteroatoms. The van der Waals surface area contributed by atoms with Crippen molar-refractivity contribution >= 4 is 5.71 Å². The van der Waals surface area contributed by atoms with Crippen LogP contribution in [0, 0.1) is 18.3 Å². The molecule has 0 spiro atoms. The summed E-state index contributed by atoms with van der Waals surface area (Å²) in [6.45, 7) is 2.97. The molecule has 0 bridgehead atoms. The number of hydrogen-bond acceptors (Lipinski definition) is 6. The fourth-order valence-electron chi connectivity index (χ4n) is 1.80. The van der Waals surface area contributed by atoms with E-state index in [4.69, 9.17) is 10.5 Å². The maximum atomic E-state index is 12.8. The SMILES string of the molecule is C/C(=N/O)c1nnn(-c2cc(C(F)(F)F)cnc2C#N)c1C. The molecule has 0 aromatic carbocycles. The molecule has 2 aromatic heterocycles. The number of nitriles is 1. The highest BCUT2D eigenvalue weighted by Crippen LogP contribution is 2.30. The highest BCUT2D eigenvalue weighted by Gasteiger charge is 2.32. The van der Waals surface area contributed by atoms with Crippen molar-refractivity contribution in [3.8, 4) is 11.8 Å². The number of oxime groups is 1. The molecule has 0 amide bonds. The minimum absolute atomic E-state index is 0.141. The van der Waals surface area contributed by atoms with Gasteiger partial charge in [0.15, 0.2) is 5.69 Å². The first-order chi connectivity index (χ1) is 10.3. The number of hydrogen-bond donors (Lipinski definition) is 1. The third-order valence-electron chi connectivity index (χ3n) is 2.92. The summed E-state index contributed by atoms with van der Waals surface area (Å²) in [5.74, 6) is 0. The van der Waals surface area contributed by atoms with Gasteiger partial charge in [-0.1, -0.05) is 10.4 Å². The van der Waals surface area contributed by atoms with Crippen LogP contribution in [0.2, 0.25) is 0 Å². The Morgan fingerprint density at radius 2 is 2.14 bits per heavy atom. The second-order valence-electron chi connectivity index (χ2n) is 4.32. The van der Waals surface area contributed by atoms with Gasteiger partial charge < -0.3 is 5.21 Å². The van der Waals surface area contributed by atoms with E-state index in [1.165, 1.54) is 13.8 Å². The fraction of sp³-hybridized carbons (Fsp3) is 0.250. The smallest absolute Gasteiger partial charge is 0.411 e. The number of rotatable bonds is 2. The van der Waals surface area contributed by atoms with E-state index < -0.39 is 11.7 Å². The molecule has 0 aliphatic carbocycles. The van der Waals surface area contributed by atoms with E-state index in [1.54, 1.807) is 6.07 Å². The summed E-state index contributed by atoms with van der Waals surface area (Å²) in [6, 6.07) is 2.47. The van der Waals surface area contributed by atoms with Gasteiger partial charge in [0.2, 0.25) is 0 Å². The third-order valence-corrected chi connectivity index (χ3v) is 2.92. The van der Waals surface area contributed by atoms with E-state index in [0.717, 1.165) is 10.7 Å². The van der Waals surface area contributed by atoms with Crippen molar-refractivity contribution in [1.82, 2.24) is 20.0 Å². The summed E-state index contributed by atoms with van der Waals surface area (Å²) in [6.07, 6.45) is -4.02. The summed E-state index contributed by atoms with van der Waals surface area (Å²) < 4.78 is 39.4. The average Bonchev–Trinajstić information content (AvgIpc) is 2.86. The largest absolute Gasteiger partial charge is 0.417 e. The molecule has 0 atom stereocenters. The first-order valence-electron chi connectivity index (χ1n) is 5.88. The summed E-state index contributed by atoms with van der Waals surface area (Å²) in [7, 11) is 0. The lowest BCUT2D eigenvalue weighted by Gasteiger charge is -2.10. The van der Waals surface area contributed by atoms with Crippen molar-refractivity contribution in [2.45, 2.75) is 20.0 Å². The van der Waals surface area contributed by atoms with Crippen LogP contribution in [0.1, 0.15) is 29.6 Å². The normalized spacial score (nSPS) is 12.3. The van der Waals surface area contributed by atoms with Crippen LogP contribution >= 0.6 is 0 Å². The van der Waals surface area contributed by atoms with Crippen molar-refractivity contribution < 1.29 is 18.4 Å². The lowest BCUT2D eigenvalue weighted by atomic mass is 10.2. The Hall–Kier alpha value is -2.96. The Balaban J connectivity index is 2.67. The first-order valence-corrected chi connectivity index (χ1v) is 5.88. The van der Waals surface area contributed by atoms with Crippen LogP contribution in [0.4, 0.5) is 13.2 Å². The zero-order valence-electron chi connectivity index (χ0n) is 11.4. The Bertz CT molecular complexity index is 787. The van der Waals surface area contributed by atoms with Crippen LogP contribution in [0.15, 0.2) is 17.4 Å². The molecule has 114 valence electrons. The number of halogens is 3. The number of alkyl halides is 3. The third kappa shape index (κ3) is 2.60. The van der Waals surface area contributed by atoms with E-state index in [0.29, 0.717) is 11.9 Å². The van der Waals surface area contributed by atoms with E-state index in [-0.39, 0.29) is 22.8 Å². The maximum Gasteiger partial charge on any atom is 0.417 e. The van der Waals surface area contributed by atoms with Crippen LogP contribution in [0.25, 0.3) is 5.69 Å². The van der Waals surface area contributed by atoms with Gasteiger partial charge in [0.05, 0.1) is 11.3 Å². The van der Waals surface area contributed by atoms with Crippen LogP contribution in [-0.2, 0) is 6.18 Å². The minimum atomic E-state index is -4.60. The van der Waals surface area contributed by atoms with Gasteiger partial charge >= 0.3 is 6.18 Å². The van der Waals surface area contributed by atoms with Crippen LogP contribution in [0.3, 0.4) is 0 Å². The molecule has 2 aromatic rings. The fourth-order valence-corrected chi connectivity index (χ4v) is 1.80. The number of aromatic nitrogens is 4. The van der Waals surface area contributed by atoms with Crippen LogP contribution in [-0.4, -0.2) is 30.9 Å². The molecular weight excluding hydrogens is 301 g/mol. The molecule has 2 rings (SSSR count). The molecule has 0 fully saturated rings. The molecule has 7 nitrogen and oxygen atoms in total. The molecular formula is C12H9F3N6O. The number of nitrogens with zero attached hydrogens (tertiary/aromatic N) is 6. The molecule has 1 N–H and O–H groups in total. The average molecular weight is 310 g/mol. The van der Waals surface area contributed by atoms with Gasteiger partial charge in [-0.3, -0.25) is 0 Å². The Kier molecular flexibility index (Phi) is 3.81. The molecule has 0 unspecified atom stereocenters. The van der Waals surface area contributed by atoms with E-state index in [1.807, 2.05) is 0 Å². The van der Waals surface area contributed by atoms with Gasteiger partial charge in [0.25, 0.3) is 0 Å². The Labute approximate surface area is 122 Å². The standard InChI is InChI=1S/C12H9F3N6O/c1-6(19-22)11-7(2)21(20-18-11)10-3-8(12(13,14)15)5-17-9(10)4-16/h3,5,22H,1-2H3/b19-6-. The molecule has 2 heterocycles. The van der Waals surface area contributed by atoms with E-state index in [2.05, 4.69) is 20.5 Å². The number of pyridine rings is 1. The molecule has 0 radical (unpaired) electrons. The van der Waals surface area contributed by atoms with Gasteiger partial charge in [-0.25, -0.2) is 9.67 Å². The lowest BCUT2D eigenvalue weighted by Crippen LogP contribution is -2.11. The molecule has 0 saturated heterocycles. The van der Waals surface area contributed by atoms with Gasteiger partial charge in [-0.2, -0.15) is 18.4 Å². The molecule has 0 saturated carbocycles. The molecule has 0 aliphatic rings. The molecule has 0 aliphatic heterocycles. The predicted octanol–water partition coefficient (Wildman–Crippen LogP) is 2.06. The maximum absolute atomic E-state index is 12.8. The van der Waals surface area contributed by atoms with Crippen LogP contribution < -0.4 is 0 Å². The Morgan fingerprint density at radius 1 is 1.45 bits per heavy atom. The van der Waals surface area contributed by atoms with Gasteiger partial charge in [0, 0.05) is 6.20 Å². The predicted molar refractivity (Wildman–Crippen MR) is 67.6 cm³/mol. The van der Waals surface area contributed by atoms with Crippen molar-refractivity contribution in [2.75, 3.05) is 0 Å². The van der Waals surface area contributed by atoms with Gasteiger partial charge in [0.1, 0.15) is 23.2 Å². The highest BCUT2D eigenvalue weighted by atomic mass is 19.4.